The van der Waals surface area contributed by atoms with Gasteiger partial charge in [0.15, 0.2) is 0 Å². The van der Waals surface area contributed by atoms with E-state index >= 15 is 0 Å². The SMILES string of the molecule is Cc1cc(OCC2CN(C(=O)OC(C)(C)C)CCC2O)nc(C)n1. The van der Waals surface area contributed by atoms with Crippen LogP contribution in [0.25, 0.3) is 0 Å². The Hall–Kier alpha value is -1.89. The van der Waals surface area contributed by atoms with Crippen LogP contribution in [0, 0.1) is 19.8 Å². The van der Waals surface area contributed by atoms with Crippen molar-refractivity contribution in [2.45, 2.75) is 52.7 Å². The Balaban J connectivity index is 1.94. The number of piperidine rings is 1. The first-order chi connectivity index (χ1) is 11.1. The van der Waals surface area contributed by atoms with Crippen LogP contribution in [0.5, 0.6) is 5.88 Å². The number of aliphatic hydroxyl groups is 1. The third kappa shape index (κ3) is 5.33. The van der Waals surface area contributed by atoms with Gasteiger partial charge in [-0.2, -0.15) is 4.98 Å². The number of carbonyl (C=O) groups excluding carboxylic acids is 1. The fourth-order valence-corrected chi connectivity index (χ4v) is 2.63. The second-order valence-electron chi connectivity index (χ2n) is 7.25. The lowest BCUT2D eigenvalue weighted by Gasteiger charge is -2.36. The monoisotopic (exact) mass is 337 g/mol. The molecule has 2 atom stereocenters. The zero-order valence-electron chi connectivity index (χ0n) is 15.1. The average Bonchev–Trinajstić information content (AvgIpc) is 2.43. The van der Waals surface area contributed by atoms with Gasteiger partial charge >= 0.3 is 6.09 Å². The Morgan fingerprint density at radius 3 is 2.71 bits per heavy atom. The molecule has 0 aliphatic carbocycles. The molecule has 2 unspecified atom stereocenters. The smallest absolute Gasteiger partial charge is 0.410 e. The van der Waals surface area contributed by atoms with Gasteiger partial charge in [0.1, 0.15) is 11.4 Å². The summed E-state index contributed by atoms with van der Waals surface area (Å²) in [5.41, 5.74) is 0.298. The molecule has 0 radical (unpaired) electrons. The number of aliphatic hydroxyl groups excluding tert-OH is 1. The number of nitrogens with zero attached hydrogens (tertiary/aromatic N) is 3. The van der Waals surface area contributed by atoms with E-state index < -0.39 is 11.7 Å². The molecule has 134 valence electrons. The molecule has 1 aromatic rings. The highest BCUT2D eigenvalue weighted by atomic mass is 16.6. The van der Waals surface area contributed by atoms with E-state index in [9.17, 15) is 9.90 Å². The molecule has 1 aliphatic heterocycles. The van der Waals surface area contributed by atoms with Gasteiger partial charge in [-0.3, -0.25) is 0 Å². The molecule has 0 bridgehead atoms. The Morgan fingerprint density at radius 2 is 2.08 bits per heavy atom. The molecule has 24 heavy (non-hydrogen) atoms. The minimum Gasteiger partial charge on any atom is -0.477 e. The van der Waals surface area contributed by atoms with Crippen LogP contribution in [-0.4, -0.2) is 57.5 Å². The Bertz CT molecular complexity index is 565. The number of likely N-dealkylation sites (tertiary alicyclic amines) is 1. The molecule has 0 spiro atoms. The summed E-state index contributed by atoms with van der Waals surface area (Å²) in [5, 5.41) is 10.2. The number of rotatable bonds is 3. The molecule has 1 saturated heterocycles. The summed E-state index contributed by atoms with van der Waals surface area (Å²) in [4.78, 5) is 22.2. The topological polar surface area (TPSA) is 84.8 Å². The molecule has 0 saturated carbocycles. The average molecular weight is 337 g/mol. The summed E-state index contributed by atoms with van der Waals surface area (Å²) < 4.78 is 11.1. The highest BCUT2D eigenvalue weighted by Crippen LogP contribution is 2.21. The molecule has 1 fully saturated rings. The molecule has 1 amide bonds. The van der Waals surface area contributed by atoms with E-state index in [4.69, 9.17) is 9.47 Å². The van der Waals surface area contributed by atoms with E-state index in [-0.39, 0.29) is 18.6 Å². The zero-order valence-corrected chi connectivity index (χ0v) is 15.1. The normalized spacial score (nSPS) is 21.5. The van der Waals surface area contributed by atoms with Gasteiger partial charge in [0.05, 0.1) is 12.7 Å². The summed E-state index contributed by atoms with van der Waals surface area (Å²) >= 11 is 0. The van der Waals surface area contributed by atoms with Crippen molar-refractivity contribution in [2.24, 2.45) is 5.92 Å². The maximum atomic E-state index is 12.2. The van der Waals surface area contributed by atoms with Crippen molar-refractivity contribution >= 4 is 6.09 Å². The minimum absolute atomic E-state index is 0.179. The van der Waals surface area contributed by atoms with Crippen LogP contribution in [0.3, 0.4) is 0 Å². The highest BCUT2D eigenvalue weighted by molar-refractivity contribution is 5.68. The molecule has 1 aliphatic rings. The first kappa shape index (κ1) is 18.4. The van der Waals surface area contributed by atoms with Crippen LogP contribution in [0.1, 0.15) is 38.7 Å². The summed E-state index contributed by atoms with van der Waals surface area (Å²) in [6.45, 7) is 10.4. The van der Waals surface area contributed by atoms with Gasteiger partial charge in [0.2, 0.25) is 5.88 Å². The molecule has 2 rings (SSSR count). The summed E-state index contributed by atoms with van der Waals surface area (Å²) in [6.07, 6.45) is -0.351. The van der Waals surface area contributed by atoms with Gasteiger partial charge in [-0.1, -0.05) is 0 Å². The summed E-state index contributed by atoms with van der Waals surface area (Å²) in [6, 6.07) is 1.76. The zero-order chi connectivity index (χ0) is 17.9. The first-order valence-corrected chi connectivity index (χ1v) is 8.25. The van der Waals surface area contributed by atoms with Crippen molar-refractivity contribution in [3.05, 3.63) is 17.6 Å². The standard InChI is InChI=1S/C17H27N3O4/c1-11-8-15(19-12(2)18-11)23-10-13-9-20(7-6-14(13)21)16(22)24-17(3,4)5/h8,13-14,21H,6-7,9-10H2,1-5H3. The molecule has 1 N–H and O–H groups in total. The van der Waals surface area contributed by atoms with Crippen molar-refractivity contribution < 1.29 is 19.4 Å². The molecule has 1 aromatic heterocycles. The van der Waals surface area contributed by atoms with E-state index in [1.807, 2.05) is 27.7 Å². The molecule has 7 heteroatoms. The minimum atomic E-state index is -0.533. The predicted molar refractivity (Wildman–Crippen MR) is 88.9 cm³/mol. The lowest BCUT2D eigenvalue weighted by Crippen LogP contribution is -2.49. The summed E-state index contributed by atoms with van der Waals surface area (Å²) in [5.74, 6) is 0.952. The number of ether oxygens (including phenoxy) is 2. The number of hydrogen-bond acceptors (Lipinski definition) is 6. The largest absolute Gasteiger partial charge is 0.477 e. The van der Waals surface area contributed by atoms with Gasteiger partial charge in [0.25, 0.3) is 0 Å². The quantitative estimate of drug-likeness (QED) is 0.909. The molecular formula is C17H27N3O4. The van der Waals surface area contributed by atoms with Crippen LogP contribution in [0.2, 0.25) is 0 Å². The van der Waals surface area contributed by atoms with Crippen molar-refractivity contribution in [1.29, 1.82) is 0 Å². The second kappa shape index (κ2) is 7.34. The fourth-order valence-electron chi connectivity index (χ4n) is 2.63. The van der Waals surface area contributed by atoms with Crippen LogP contribution in [-0.2, 0) is 4.74 Å². The van der Waals surface area contributed by atoms with E-state index in [0.29, 0.717) is 31.2 Å². The fraction of sp³-hybridized carbons (Fsp3) is 0.706. The van der Waals surface area contributed by atoms with Gasteiger partial charge in [-0.25, -0.2) is 9.78 Å². The molecule has 0 aromatic carbocycles. The van der Waals surface area contributed by atoms with E-state index in [1.54, 1.807) is 17.9 Å². The second-order valence-corrected chi connectivity index (χ2v) is 7.25. The molecule has 2 heterocycles. The van der Waals surface area contributed by atoms with Crippen LogP contribution in [0.15, 0.2) is 6.07 Å². The number of aryl methyl sites for hydroxylation is 2. The van der Waals surface area contributed by atoms with E-state index in [0.717, 1.165) is 5.69 Å². The van der Waals surface area contributed by atoms with Crippen molar-refractivity contribution in [2.75, 3.05) is 19.7 Å². The number of amides is 1. The van der Waals surface area contributed by atoms with Crippen molar-refractivity contribution in [3.8, 4) is 5.88 Å². The van der Waals surface area contributed by atoms with Crippen LogP contribution < -0.4 is 4.74 Å². The number of carbonyl (C=O) groups is 1. The predicted octanol–water partition coefficient (Wildman–Crippen LogP) is 2.09. The van der Waals surface area contributed by atoms with Gasteiger partial charge in [-0.05, 0) is 41.0 Å². The number of hydrogen-bond donors (Lipinski definition) is 1. The van der Waals surface area contributed by atoms with E-state index in [2.05, 4.69) is 9.97 Å². The van der Waals surface area contributed by atoms with Crippen molar-refractivity contribution in [3.63, 3.8) is 0 Å². The lowest BCUT2D eigenvalue weighted by molar-refractivity contribution is -0.0180. The first-order valence-electron chi connectivity index (χ1n) is 8.25. The Labute approximate surface area is 143 Å². The molecule has 7 nitrogen and oxygen atoms in total. The Morgan fingerprint density at radius 1 is 1.38 bits per heavy atom. The van der Waals surface area contributed by atoms with Crippen molar-refractivity contribution in [1.82, 2.24) is 14.9 Å². The highest BCUT2D eigenvalue weighted by Gasteiger charge is 2.33. The van der Waals surface area contributed by atoms with Crippen LogP contribution >= 0.6 is 0 Å². The molecular weight excluding hydrogens is 310 g/mol. The maximum absolute atomic E-state index is 12.2. The Kier molecular flexibility index (Phi) is 5.64. The van der Waals surface area contributed by atoms with Gasteiger partial charge in [-0.15, -0.1) is 0 Å². The van der Waals surface area contributed by atoms with Gasteiger partial charge < -0.3 is 19.5 Å². The van der Waals surface area contributed by atoms with Gasteiger partial charge in [0, 0.05) is 30.8 Å². The lowest BCUT2D eigenvalue weighted by atomic mass is 9.96. The third-order valence-corrected chi connectivity index (χ3v) is 3.73. The third-order valence-electron chi connectivity index (χ3n) is 3.73. The number of aromatic nitrogens is 2. The summed E-state index contributed by atoms with van der Waals surface area (Å²) in [7, 11) is 0. The van der Waals surface area contributed by atoms with E-state index in [1.165, 1.54) is 0 Å². The van der Waals surface area contributed by atoms with Crippen LogP contribution in [0.4, 0.5) is 4.79 Å². The maximum Gasteiger partial charge on any atom is 0.410 e.